The summed E-state index contributed by atoms with van der Waals surface area (Å²) in [7, 11) is 0. The second-order valence-electron chi connectivity index (χ2n) is 5.33. The highest BCUT2D eigenvalue weighted by molar-refractivity contribution is 6.12. The molecule has 3 amide bonds. The number of aldehydes is 1. The molecule has 1 heterocycles. The highest BCUT2D eigenvalue weighted by Gasteiger charge is 2.22. The fraction of sp³-hybridized carbons (Fsp3) is 0.647. The Morgan fingerprint density at radius 3 is 1.85 bits per heavy atom. The maximum Gasteiger partial charge on any atom is 0.253 e. The minimum Gasteiger partial charge on any atom is -0.379 e. The number of carbonyl (C=O) groups is 4. The van der Waals surface area contributed by atoms with Crippen LogP contribution in [-0.2, 0) is 38.1 Å². The van der Waals surface area contributed by atoms with E-state index in [1.807, 2.05) is 0 Å². The topological polar surface area (TPSA) is 120 Å². The summed E-state index contributed by atoms with van der Waals surface area (Å²) in [6.07, 6.45) is 3.30. The molecule has 0 aromatic rings. The summed E-state index contributed by atoms with van der Waals surface area (Å²) in [6, 6.07) is 0. The van der Waals surface area contributed by atoms with Gasteiger partial charge in [0.25, 0.3) is 11.8 Å². The first-order valence-electron chi connectivity index (χ1n) is 8.70. The SMILES string of the molecule is O=CCNC(=O)CCOCCOCCOCCOCCN1C(=O)C=CC1=O. The highest BCUT2D eigenvalue weighted by Crippen LogP contribution is 2.02. The Balaban J connectivity index is 1.77. The van der Waals surface area contributed by atoms with E-state index >= 15 is 0 Å². The van der Waals surface area contributed by atoms with Gasteiger partial charge in [-0.15, -0.1) is 0 Å². The Labute approximate surface area is 157 Å². The van der Waals surface area contributed by atoms with Gasteiger partial charge in [-0.3, -0.25) is 19.3 Å². The van der Waals surface area contributed by atoms with Crippen LogP contribution in [-0.4, -0.2) is 94.9 Å². The summed E-state index contributed by atoms with van der Waals surface area (Å²) < 4.78 is 21.1. The maximum atomic E-state index is 11.3. The number of ether oxygens (including phenoxy) is 4. The van der Waals surface area contributed by atoms with Crippen molar-refractivity contribution in [2.45, 2.75) is 6.42 Å². The van der Waals surface area contributed by atoms with Crippen LogP contribution in [0.1, 0.15) is 6.42 Å². The molecule has 27 heavy (non-hydrogen) atoms. The molecule has 1 aliphatic rings. The molecule has 0 unspecified atom stereocenters. The van der Waals surface area contributed by atoms with E-state index in [-0.39, 0.29) is 50.4 Å². The molecule has 1 N–H and O–H groups in total. The molecule has 0 aromatic heterocycles. The summed E-state index contributed by atoms with van der Waals surface area (Å²) >= 11 is 0. The summed E-state index contributed by atoms with van der Waals surface area (Å²) in [5.41, 5.74) is 0. The quantitative estimate of drug-likeness (QED) is 0.186. The van der Waals surface area contributed by atoms with Gasteiger partial charge in [-0.1, -0.05) is 0 Å². The molecule has 0 aromatic carbocycles. The largest absolute Gasteiger partial charge is 0.379 e. The first-order chi connectivity index (χ1) is 13.1. The molecule has 152 valence electrons. The van der Waals surface area contributed by atoms with Crippen LogP contribution in [0.5, 0.6) is 0 Å². The molecule has 10 nitrogen and oxygen atoms in total. The van der Waals surface area contributed by atoms with Gasteiger partial charge in [0, 0.05) is 18.6 Å². The zero-order valence-corrected chi connectivity index (χ0v) is 15.2. The van der Waals surface area contributed by atoms with E-state index in [4.69, 9.17) is 18.9 Å². The van der Waals surface area contributed by atoms with Gasteiger partial charge in [-0.2, -0.15) is 0 Å². The van der Waals surface area contributed by atoms with Crippen LogP contribution in [0.25, 0.3) is 0 Å². The first kappa shape index (κ1) is 22.9. The van der Waals surface area contributed by atoms with Crippen LogP contribution in [0.2, 0.25) is 0 Å². The van der Waals surface area contributed by atoms with Gasteiger partial charge in [0.05, 0.1) is 65.9 Å². The van der Waals surface area contributed by atoms with Crippen LogP contribution in [0.4, 0.5) is 0 Å². The lowest BCUT2D eigenvalue weighted by Gasteiger charge is -2.13. The van der Waals surface area contributed by atoms with Crippen molar-refractivity contribution in [3.05, 3.63) is 12.2 Å². The number of hydrogen-bond acceptors (Lipinski definition) is 8. The zero-order valence-electron chi connectivity index (χ0n) is 15.2. The molecule has 0 saturated heterocycles. The second-order valence-corrected chi connectivity index (χ2v) is 5.33. The molecule has 10 heteroatoms. The molecular formula is C17H26N2O8. The molecule has 0 atom stereocenters. The van der Waals surface area contributed by atoms with Crippen LogP contribution >= 0.6 is 0 Å². The van der Waals surface area contributed by atoms with Gasteiger partial charge >= 0.3 is 0 Å². The number of rotatable bonds is 17. The van der Waals surface area contributed by atoms with Gasteiger partial charge in [0.2, 0.25) is 5.91 Å². The van der Waals surface area contributed by atoms with Crippen molar-refractivity contribution in [1.82, 2.24) is 10.2 Å². The summed E-state index contributed by atoms with van der Waals surface area (Å²) in [4.78, 5) is 44.9. The van der Waals surface area contributed by atoms with Crippen LogP contribution in [0.3, 0.4) is 0 Å². The molecule has 0 fully saturated rings. The van der Waals surface area contributed by atoms with E-state index < -0.39 is 0 Å². The zero-order chi connectivity index (χ0) is 19.7. The number of nitrogens with zero attached hydrogens (tertiary/aromatic N) is 1. The number of carbonyl (C=O) groups excluding carboxylic acids is 4. The number of nitrogens with one attached hydrogen (secondary N) is 1. The summed E-state index contributed by atoms with van der Waals surface area (Å²) in [6.45, 7) is 3.10. The minimum absolute atomic E-state index is 0.0161. The Morgan fingerprint density at radius 1 is 0.852 bits per heavy atom. The van der Waals surface area contributed by atoms with Crippen molar-refractivity contribution in [3.8, 4) is 0 Å². The second kappa shape index (κ2) is 15.0. The van der Waals surface area contributed by atoms with E-state index in [1.54, 1.807) is 0 Å². The molecule has 0 radical (unpaired) electrons. The Bertz CT molecular complexity index is 491. The summed E-state index contributed by atoms with van der Waals surface area (Å²) in [5, 5.41) is 2.41. The average Bonchev–Trinajstić information content (AvgIpc) is 2.98. The minimum atomic E-state index is -0.317. The number of amides is 3. The monoisotopic (exact) mass is 386 g/mol. The number of hydrogen-bond donors (Lipinski definition) is 1. The first-order valence-corrected chi connectivity index (χ1v) is 8.70. The van der Waals surface area contributed by atoms with Gasteiger partial charge in [-0.25, -0.2) is 0 Å². The summed E-state index contributed by atoms with van der Waals surface area (Å²) in [5.74, 6) is -0.863. The normalized spacial score (nSPS) is 13.4. The molecule has 0 saturated carbocycles. The van der Waals surface area contributed by atoms with E-state index in [2.05, 4.69) is 5.32 Å². The number of imide groups is 1. The highest BCUT2D eigenvalue weighted by atomic mass is 16.6. The van der Waals surface area contributed by atoms with Crippen molar-refractivity contribution < 1.29 is 38.1 Å². The van der Waals surface area contributed by atoms with E-state index in [0.717, 1.165) is 4.90 Å². The maximum absolute atomic E-state index is 11.3. The van der Waals surface area contributed by atoms with Gasteiger partial charge in [0.15, 0.2) is 0 Å². The lowest BCUT2D eigenvalue weighted by Crippen LogP contribution is -2.33. The van der Waals surface area contributed by atoms with Crippen LogP contribution in [0.15, 0.2) is 12.2 Å². The standard InChI is InChI=1S/C17H26N2O8/c20-6-4-18-15(21)3-7-24-9-11-26-13-14-27-12-10-25-8-5-19-16(22)1-2-17(19)23/h1-2,6H,3-5,7-14H2,(H,18,21). The smallest absolute Gasteiger partial charge is 0.253 e. The van der Waals surface area contributed by atoms with E-state index in [1.165, 1.54) is 12.2 Å². The lowest BCUT2D eigenvalue weighted by molar-refractivity contribution is -0.137. The van der Waals surface area contributed by atoms with Crippen LogP contribution < -0.4 is 5.32 Å². The third kappa shape index (κ3) is 11.2. The predicted octanol–water partition coefficient (Wildman–Crippen LogP) is -1.32. The Morgan fingerprint density at radius 2 is 1.33 bits per heavy atom. The van der Waals surface area contributed by atoms with Crippen molar-refractivity contribution in [3.63, 3.8) is 0 Å². The van der Waals surface area contributed by atoms with Gasteiger partial charge in [0.1, 0.15) is 6.29 Å². The third-order valence-corrected chi connectivity index (χ3v) is 3.33. The Kier molecular flexibility index (Phi) is 12.7. The van der Waals surface area contributed by atoms with Gasteiger partial charge < -0.3 is 29.1 Å². The van der Waals surface area contributed by atoms with E-state index in [9.17, 15) is 19.2 Å². The molecule has 0 bridgehead atoms. The lowest BCUT2D eigenvalue weighted by atomic mass is 10.4. The van der Waals surface area contributed by atoms with Gasteiger partial charge in [-0.05, 0) is 0 Å². The van der Waals surface area contributed by atoms with Crippen molar-refractivity contribution in [2.75, 3.05) is 65.9 Å². The molecule has 0 aliphatic carbocycles. The van der Waals surface area contributed by atoms with E-state index in [0.29, 0.717) is 45.9 Å². The fourth-order valence-corrected chi connectivity index (χ4v) is 1.98. The Hall–Kier alpha value is -2.14. The molecule has 0 spiro atoms. The van der Waals surface area contributed by atoms with Crippen molar-refractivity contribution >= 4 is 24.0 Å². The fourth-order valence-electron chi connectivity index (χ4n) is 1.98. The van der Waals surface area contributed by atoms with Crippen molar-refractivity contribution in [2.24, 2.45) is 0 Å². The molecule has 1 rings (SSSR count). The third-order valence-electron chi connectivity index (χ3n) is 3.33. The van der Waals surface area contributed by atoms with Crippen molar-refractivity contribution in [1.29, 1.82) is 0 Å². The predicted molar refractivity (Wildman–Crippen MR) is 92.8 cm³/mol. The average molecular weight is 386 g/mol. The van der Waals surface area contributed by atoms with Crippen LogP contribution in [0, 0.1) is 0 Å². The molecular weight excluding hydrogens is 360 g/mol. The molecule has 1 aliphatic heterocycles.